The number of benzene rings is 2. The van der Waals surface area contributed by atoms with Crippen LogP contribution >= 0.6 is 11.6 Å². The van der Waals surface area contributed by atoms with E-state index in [4.69, 9.17) is 11.6 Å². The zero-order chi connectivity index (χ0) is 16.2. The summed E-state index contributed by atoms with van der Waals surface area (Å²) in [5.41, 5.74) is 6.14. The summed E-state index contributed by atoms with van der Waals surface area (Å²) in [6.07, 6.45) is 2.21. The van der Waals surface area contributed by atoms with Gasteiger partial charge in [0.05, 0.1) is 11.4 Å². The number of hydrazone groups is 1. The van der Waals surface area contributed by atoms with Crippen LogP contribution in [0.4, 0.5) is 5.69 Å². The van der Waals surface area contributed by atoms with Crippen LogP contribution in [-0.2, 0) is 4.79 Å². The predicted molar refractivity (Wildman–Crippen MR) is 93.6 cm³/mol. The fourth-order valence-electron chi connectivity index (χ4n) is 2.44. The third-order valence-corrected chi connectivity index (χ3v) is 4.02. The molecule has 5 heteroatoms. The molecule has 0 spiro atoms. The highest BCUT2D eigenvalue weighted by Crippen LogP contribution is 2.20. The van der Waals surface area contributed by atoms with Gasteiger partial charge < -0.3 is 0 Å². The maximum Gasteiger partial charge on any atom is 0.240 e. The first-order chi connectivity index (χ1) is 11.1. The van der Waals surface area contributed by atoms with E-state index in [0.717, 1.165) is 22.5 Å². The van der Waals surface area contributed by atoms with Crippen molar-refractivity contribution in [3.05, 3.63) is 64.7 Å². The van der Waals surface area contributed by atoms with E-state index >= 15 is 0 Å². The fourth-order valence-corrected chi connectivity index (χ4v) is 2.63. The fraction of sp³-hybridized carbons (Fsp3) is 0.167. The molecule has 0 unspecified atom stereocenters. The molecule has 4 nitrogen and oxygen atoms in total. The molecule has 116 valence electrons. The Kier molecular flexibility index (Phi) is 4.53. The molecule has 0 bridgehead atoms. The second-order valence-corrected chi connectivity index (χ2v) is 5.87. The number of amides is 1. The Morgan fingerprint density at radius 1 is 1.22 bits per heavy atom. The lowest BCUT2D eigenvalue weighted by molar-refractivity contribution is -0.121. The van der Waals surface area contributed by atoms with Crippen molar-refractivity contribution < 1.29 is 4.79 Å². The average molecular weight is 326 g/mol. The van der Waals surface area contributed by atoms with Crippen molar-refractivity contribution in [2.24, 2.45) is 16.0 Å². The summed E-state index contributed by atoms with van der Waals surface area (Å²) >= 11 is 6.10. The zero-order valence-corrected chi connectivity index (χ0v) is 13.4. The van der Waals surface area contributed by atoms with Crippen LogP contribution in [0.2, 0.25) is 5.02 Å². The van der Waals surface area contributed by atoms with Crippen molar-refractivity contribution >= 4 is 35.1 Å². The first-order valence-corrected chi connectivity index (χ1v) is 7.77. The van der Waals surface area contributed by atoms with Crippen LogP contribution in [0.25, 0.3) is 0 Å². The van der Waals surface area contributed by atoms with E-state index in [0.29, 0.717) is 11.4 Å². The summed E-state index contributed by atoms with van der Waals surface area (Å²) in [4.78, 5) is 15.7. The van der Waals surface area contributed by atoms with Gasteiger partial charge in [-0.1, -0.05) is 48.9 Å². The molecular formula is C18H16ClN3O. The molecular weight excluding hydrogens is 310 g/mol. The highest BCUT2D eigenvalue weighted by atomic mass is 35.5. The predicted octanol–water partition coefficient (Wildman–Crippen LogP) is 3.95. The van der Waals surface area contributed by atoms with Gasteiger partial charge in [0.25, 0.3) is 0 Å². The van der Waals surface area contributed by atoms with Gasteiger partial charge in [0.15, 0.2) is 0 Å². The highest BCUT2D eigenvalue weighted by molar-refractivity contribution is 6.33. The Balaban J connectivity index is 1.78. The SMILES string of the molecule is C[C@@H]1CC(=O)NN=C1c1ccc(N=Cc2ccccc2Cl)cc1. The highest BCUT2D eigenvalue weighted by Gasteiger charge is 2.21. The second-order valence-electron chi connectivity index (χ2n) is 5.46. The minimum atomic E-state index is -0.0396. The molecule has 23 heavy (non-hydrogen) atoms. The van der Waals surface area contributed by atoms with Crippen LogP contribution in [0.1, 0.15) is 24.5 Å². The number of nitrogens with one attached hydrogen (secondary N) is 1. The van der Waals surface area contributed by atoms with Crippen LogP contribution in [0.3, 0.4) is 0 Å². The summed E-state index contributed by atoms with van der Waals surface area (Å²) in [5, 5.41) is 4.83. The van der Waals surface area contributed by atoms with E-state index in [-0.39, 0.29) is 11.8 Å². The molecule has 0 aromatic heterocycles. The lowest BCUT2D eigenvalue weighted by atomic mass is 9.94. The monoisotopic (exact) mass is 325 g/mol. The number of carbonyl (C=O) groups is 1. The van der Waals surface area contributed by atoms with Crippen LogP contribution in [0, 0.1) is 5.92 Å². The summed E-state index contributed by atoms with van der Waals surface area (Å²) in [6, 6.07) is 15.3. The minimum absolute atomic E-state index is 0.0396. The van der Waals surface area contributed by atoms with E-state index in [1.165, 1.54) is 0 Å². The normalized spacial score (nSPS) is 17.9. The quantitative estimate of drug-likeness (QED) is 0.853. The third kappa shape index (κ3) is 3.66. The smallest absolute Gasteiger partial charge is 0.240 e. The van der Waals surface area contributed by atoms with Gasteiger partial charge in [-0.3, -0.25) is 9.79 Å². The molecule has 1 aliphatic rings. The molecule has 0 saturated carbocycles. The summed E-state index contributed by atoms with van der Waals surface area (Å²) < 4.78 is 0. The molecule has 2 aromatic rings. The Hall–Kier alpha value is -2.46. The van der Waals surface area contributed by atoms with Gasteiger partial charge in [0.2, 0.25) is 5.91 Å². The Bertz CT molecular complexity index is 781. The lowest BCUT2D eigenvalue weighted by Gasteiger charge is -2.19. The number of aliphatic imine (C=N–C) groups is 1. The third-order valence-electron chi connectivity index (χ3n) is 3.68. The minimum Gasteiger partial charge on any atom is -0.273 e. The Labute approximate surface area is 139 Å². The van der Waals surface area contributed by atoms with E-state index in [2.05, 4.69) is 15.5 Å². The maximum absolute atomic E-state index is 11.3. The standard InChI is InChI=1S/C18H16ClN3O/c1-12-10-17(23)21-22-18(12)13-6-8-15(9-7-13)20-11-14-4-2-3-5-16(14)19/h2-9,11-12H,10H2,1H3,(H,21,23)/t12-/m1/s1. The molecule has 1 amide bonds. The van der Waals surface area contributed by atoms with Gasteiger partial charge in [0.1, 0.15) is 0 Å². The van der Waals surface area contributed by atoms with Crippen molar-refractivity contribution in [3.8, 4) is 0 Å². The van der Waals surface area contributed by atoms with Crippen LogP contribution in [0.5, 0.6) is 0 Å². The Morgan fingerprint density at radius 3 is 2.65 bits per heavy atom. The van der Waals surface area contributed by atoms with Gasteiger partial charge in [0, 0.05) is 29.1 Å². The first kappa shape index (κ1) is 15.4. The van der Waals surface area contributed by atoms with E-state index in [9.17, 15) is 4.79 Å². The average Bonchev–Trinajstić information content (AvgIpc) is 2.55. The topological polar surface area (TPSA) is 53.8 Å². The Morgan fingerprint density at radius 2 is 1.96 bits per heavy atom. The second kappa shape index (κ2) is 6.75. The molecule has 3 rings (SSSR count). The number of halogens is 1. The molecule has 1 heterocycles. The van der Waals surface area contributed by atoms with Crippen molar-refractivity contribution in [2.75, 3.05) is 0 Å². The van der Waals surface area contributed by atoms with Crippen molar-refractivity contribution in [2.45, 2.75) is 13.3 Å². The molecule has 2 aromatic carbocycles. The van der Waals surface area contributed by atoms with Gasteiger partial charge in [-0.15, -0.1) is 0 Å². The van der Waals surface area contributed by atoms with Crippen molar-refractivity contribution in [3.63, 3.8) is 0 Å². The number of carbonyl (C=O) groups excluding carboxylic acids is 1. The first-order valence-electron chi connectivity index (χ1n) is 7.39. The van der Waals surface area contributed by atoms with Crippen molar-refractivity contribution in [1.82, 2.24) is 5.43 Å². The van der Waals surface area contributed by atoms with E-state index in [1.807, 2.05) is 55.5 Å². The number of rotatable bonds is 3. The van der Waals surface area contributed by atoms with E-state index < -0.39 is 0 Å². The summed E-state index contributed by atoms with van der Waals surface area (Å²) in [5.74, 6) is 0.0726. The molecule has 1 N–H and O–H groups in total. The van der Waals surface area contributed by atoms with Crippen molar-refractivity contribution in [1.29, 1.82) is 0 Å². The zero-order valence-electron chi connectivity index (χ0n) is 12.7. The van der Waals surface area contributed by atoms with Gasteiger partial charge in [-0.25, -0.2) is 5.43 Å². The number of hydrogen-bond acceptors (Lipinski definition) is 3. The molecule has 0 aliphatic carbocycles. The molecule has 0 fully saturated rings. The van der Waals surface area contributed by atoms with Crippen LogP contribution in [0.15, 0.2) is 58.6 Å². The summed E-state index contributed by atoms with van der Waals surface area (Å²) in [6.45, 7) is 2.00. The largest absolute Gasteiger partial charge is 0.273 e. The van der Waals surface area contributed by atoms with Crippen LogP contribution in [-0.4, -0.2) is 17.8 Å². The number of hydrogen-bond donors (Lipinski definition) is 1. The van der Waals surface area contributed by atoms with E-state index in [1.54, 1.807) is 6.21 Å². The molecule has 0 saturated heterocycles. The van der Waals surface area contributed by atoms with Crippen LogP contribution < -0.4 is 5.43 Å². The summed E-state index contributed by atoms with van der Waals surface area (Å²) in [7, 11) is 0. The van der Waals surface area contributed by atoms with Gasteiger partial charge in [-0.2, -0.15) is 5.10 Å². The van der Waals surface area contributed by atoms with Gasteiger partial charge >= 0.3 is 0 Å². The number of nitrogens with zero attached hydrogens (tertiary/aromatic N) is 2. The van der Waals surface area contributed by atoms with Gasteiger partial charge in [-0.05, 0) is 23.8 Å². The maximum atomic E-state index is 11.3. The molecule has 0 radical (unpaired) electrons. The molecule has 1 atom stereocenters. The lowest BCUT2D eigenvalue weighted by Crippen LogP contribution is -2.31. The molecule has 1 aliphatic heterocycles.